The first-order valence-electron chi connectivity index (χ1n) is 12.8. The lowest BCUT2D eigenvalue weighted by Crippen LogP contribution is -2.23. The van der Waals surface area contributed by atoms with Crippen LogP contribution in [0.25, 0.3) is 0 Å². The van der Waals surface area contributed by atoms with Crippen LogP contribution in [0.1, 0.15) is 112 Å². The van der Waals surface area contributed by atoms with Crippen LogP contribution in [0.2, 0.25) is 0 Å². The number of rotatable bonds is 23. The fourth-order valence-electron chi connectivity index (χ4n) is 2.98. The molecule has 1 saturated carbocycles. The molecule has 0 radical (unpaired) electrons. The van der Waals surface area contributed by atoms with Crippen LogP contribution in [0, 0.1) is 0 Å². The standard InChI is InChI=1S/C24H48O7P2/c1-7-18-26-32(27-19-8-2)30-23(5,6)14-11-10-12-21-29-33(28-20-9-3)31-24(16-17-24)15-13-22(4)25/h7-21H2,1-6H3. The minimum Gasteiger partial charge on any atom is -0.312 e. The van der Waals surface area contributed by atoms with Crippen LogP contribution in [0.5, 0.6) is 0 Å². The maximum atomic E-state index is 11.3. The van der Waals surface area contributed by atoms with E-state index in [1.807, 2.05) is 0 Å². The predicted molar refractivity (Wildman–Crippen MR) is 135 cm³/mol. The molecule has 1 unspecified atom stereocenters. The van der Waals surface area contributed by atoms with Gasteiger partial charge >= 0.3 is 17.2 Å². The van der Waals surface area contributed by atoms with Gasteiger partial charge in [-0.3, -0.25) is 0 Å². The van der Waals surface area contributed by atoms with E-state index in [0.717, 1.165) is 64.2 Å². The summed E-state index contributed by atoms with van der Waals surface area (Å²) in [5, 5.41) is 0. The van der Waals surface area contributed by atoms with Crippen molar-refractivity contribution in [3.05, 3.63) is 0 Å². The van der Waals surface area contributed by atoms with Gasteiger partial charge in [0.2, 0.25) is 0 Å². The van der Waals surface area contributed by atoms with Crippen LogP contribution in [0.3, 0.4) is 0 Å². The van der Waals surface area contributed by atoms with Gasteiger partial charge in [0.1, 0.15) is 5.78 Å². The molecule has 0 spiro atoms. The Kier molecular flexibility index (Phi) is 16.8. The average molecular weight is 511 g/mol. The zero-order valence-corrected chi connectivity index (χ0v) is 23.6. The van der Waals surface area contributed by atoms with Crippen molar-refractivity contribution in [2.75, 3.05) is 26.4 Å². The molecular formula is C24H48O7P2. The third-order valence-electron chi connectivity index (χ3n) is 5.15. The lowest BCUT2D eigenvalue weighted by molar-refractivity contribution is -0.117. The summed E-state index contributed by atoms with van der Waals surface area (Å²) in [4.78, 5) is 11.3. The first kappa shape index (κ1) is 31.3. The van der Waals surface area contributed by atoms with Gasteiger partial charge in [-0.15, -0.1) is 0 Å². The Bertz CT molecular complexity index is 507. The van der Waals surface area contributed by atoms with Crippen molar-refractivity contribution in [1.82, 2.24) is 0 Å². The summed E-state index contributed by atoms with van der Waals surface area (Å²) in [6, 6.07) is 0. The lowest BCUT2D eigenvalue weighted by atomic mass is 10.0. The van der Waals surface area contributed by atoms with Crippen LogP contribution in [-0.4, -0.2) is 43.4 Å². The van der Waals surface area contributed by atoms with Gasteiger partial charge < -0.3 is 31.9 Å². The molecule has 0 aromatic rings. The molecule has 0 N–H and O–H groups in total. The highest BCUT2D eigenvalue weighted by Gasteiger charge is 2.46. The second kappa shape index (κ2) is 17.7. The normalized spacial score (nSPS) is 16.3. The number of carbonyl (C=O) groups is 1. The quantitative estimate of drug-likeness (QED) is 0.102. The molecular weight excluding hydrogens is 462 g/mol. The molecule has 7 nitrogen and oxygen atoms in total. The van der Waals surface area contributed by atoms with Crippen LogP contribution in [0.4, 0.5) is 0 Å². The van der Waals surface area contributed by atoms with E-state index in [0.29, 0.717) is 32.8 Å². The Balaban J connectivity index is 2.30. The zero-order valence-electron chi connectivity index (χ0n) is 21.9. The Hall–Kier alpha value is 0.290. The Morgan fingerprint density at radius 2 is 1.36 bits per heavy atom. The summed E-state index contributed by atoms with van der Waals surface area (Å²) in [6.07, 6.45) is 10.1. The highest BCUT2D eigenvalue weighted by atomic mass is 31.2. The smallest absolute Gasteiger partial charge is 0.312 e. The molecule has 9 heteroatoms. The second-order valence-electron chi connectivity index (χ2n) is 9.42. The van der Waals surface area contributed by atoms with Gasteiger partial charge in [-0.2, -0.15) is 0 Å². The van der Waals surface area contributed by atoms with Crippen LogP contribution in [-0.2, 0) is 31.9 Å². The van der Waals surface area contributed by atoms with Crippen LogP contribution < -0.4 is 0 Å². The maximum Gasteiger partial charge on any atom is 0.333 e. The Morgan fingerprint density at radius 1 is 0.818 bits per heavy atom. The molecule has 33 heavy (non-hydrogen) atoms. The molecule has 0 bridgehead atoms. The monoisotopic (exact) mass is 510 g/mol. The summed E-state index contributed by atoms with van der Waals surface area (Å²) in [5.74, 6) is 0.206. The fourth-order valence-corrected chi connectivity index (χ4v) is 5.70. The molecule has 0 amide bonds. The predicted octanol–water partition coefficient (Wildman–Crippen LogP) is 8.01. The van der Waals surface area contributed by atoms with E-state index < -0.39 is 17.2 Å². The van der Waals surface area contributed by atoms with E-state index in [9.17, 15) is 4.79 Å². The van der Waals surface area contributed by atoms with E-state index in [2.05, 4.69) is 34.6 Å². The molecule has 1 atom stereocenters. The van der Waals surface area contributed by atoms with Gasteiger partial charge in [-0.1, -0.05) is 33.6 Å². The lowest BCUT2D eigenvalue weighted by Gasteiger charge is -2.29. The summed E-state index contributed by atoms with van der Waals surface area (Å²) >= 11 is 0. The third-order valence-corrected chi connectivity index (χ3v) is 7.91. The number of hydrogen-bond acceptors (Lipinski definition) is 7. The van der Waals surface area contributed by atoms with Crippen molar-refractivity contribution in [2.45, 2.75) is 123 Å². The van der Waals surface area contributed by atoms with Crippen molar-refractivity contribution < 1.29 is 31.9 Å². The highest BCUT2D eigenvalue weighted by Crippen LogP contribution is 2.55. The molecule has 0 aromatic carbocycles. The molecule has 1 aliphatic rings. The van der Waals surface area contributed by atoms with Crippen LogP contribution >= 0.6 is 17.2 Å². The average Bonchev–Trinajstić information content (AvgIpc) is 3.54. The maximum absolute atomic E-state index is 11.3. The topological polar surface area (TPSA) is 72.5 Å². The van der Waals surface area contributed by atoms with Gasteiger partial charge in [-0.05, 0) is 72.1 Å². The molecule has 1 rings (SSSR count). The molecule has 0 saturated heterocycles. The van der Waals surface area contributed by atoms with E-state index in [1.54, 1.807) is 6.92 Å². The SMILES string of the molecule is CCCOP(OCCC)OC(C)(C)CCCCCOP(OCCC)OC1(CCC(C)=O)CC1. The van der Waals surface area contributed by atoms with Crippen LogP contribution in [0.15, 0.2) is 0 Å². The van der Waals surface area contributed by atoms with E-state index in [-0.39, 0.29) is 17.0 Å². The van der Waals surface area contributed by atoms with Crippen molar-refractivity contribution in [3.8, 4) is 0 Å². The molecule has 1 fully saturated rings. The number of hydrogen-bond donors (Lipinski definition) is 0. The number of Topliss-reactive ketones (excluding diaryl/α,β-unsaturated/α-hetero) is 1. The van der Waals surface area contributed by atoms with E-state index >= 15 is 0 Å². The van der Waals surface area contributed by atoms with Crippen molar-refractivity contribution >= 4 is 23.0 Å². The summed E-state index contributed by atoms with van der Waals surface area (Å²) in [7, 11) is -2.65. The Morgan fingerprint density at radius 3 is 1.88 bits per heavy atom. The Labute approximate surface area is 204 Å². The molecule has 1 aliphatic carbocycles. The number of ketones is 1. The van der Waals surface area contributed by atoms with Crippen molar-refractivity contribution in [1.29, 1.82) is 0 Å². The second-order valence-corrected chi connectivity index (χ2v) is 11.7. The highest BCUT2D eigenvalue weighted by molar-refractivity contribution is 7.42. The van der Waals surface area contributed by atoms with Gasteiger partial charge in [-0.25, -0.2) is 0 Å². The van der Waals surface area contributed by atoms with Crippen molar-refractivity contribution in [2.24, 2.45) is 0 Å². The third kappa shape index (κ3) is 15.8. The van der Waals surface area contributed by atoms with Gasteiger partial charge in [0.25, 0.3) is 0 Å². The first-order valence-corrected chi connectivity index (χ1v) is 14.9. The molecule has 0 aromatic heterocycles. The molecule has 0 aliphatic heterocycles. The minimum atomic E-state index is -1.36. The fraction of sp³-hybridized carbons (Fsp3) is 0.958. The summed E-state index contributed by atoms with van der Waals surface area (Å²) in [5.41, 5.74) is -0.492. The number of carbonyl (C=O) groups excluding carboxylic acids is 1. The molecule has 0 heterocycles. The van der Waals surface area contributed by atoms with Gasteiger partial charge in [0.15, 0.2) is 0 Å². The summed E-state index contributed by atoms with van der Waals surface area (Å²) in [6.45, 7) is 14.6. The zero-order chi connectivity index (χ0) is 24.6. The van der Waals surface area contributed by atoms with Gasteiger partial charge in [0.05, 0.1) is 37.6 Å². The van der Waals surface area contributed by atoms with Crippen molar-refractivity contribution in [3.63, 3.8) is 0 Å². The minimum absolute atomic E-state index is 0.204. The first-order chi connectivity index (χ1) is 15.8. The largest absolute Gasteiger partial charge is 0.333 e. The number of unbranched alkanes of at least 4 members (excludes halogenated alkanes) is 2. The van der Waals surface area contributed by atoms with E-state index in [1.165, 1.54) is 0 Å². The van der Waals surface area contributed by atoms with Gasteiger partial charge in [0, 0.05) is 6.42 Å². The summed E-state index contributed by atoms with van der Waals surface area (Å²) < 4.78 is 35.7. The molecule has 196 valence electrons. The van der Waals surface area contributed by atoms with E-state index in [4.69, 9.17) is 27.1 Å².